The number of aromatic nitrogens is 1. The highest BCUT2D eigenvalue weighted by atomic mass is 32.2. The molecular formula is C12H17N3O2S. The monoisotopic (exact) mass is 267 g/mol. The van der Waals surface area contributed by atoms with Crippen LogP contribution in [-0.4, -0.2) is 28.0 Å². The lowest BCUT2D eigenvalue weighted by Crippen LogP contribution is -2.20. The fourth-order valence-electron chi connectivity index (χ4n) is 2.10. The molecule has 0 aliphatic carbocycles. The third kappa shape index (κ3) is 3.13. The Hall–Kier alpha value is -1.30. The van der Waals surface area contributed by atoms with Crippen LogP contribution in [0.25, 0.3) is 0 Å². The molecule has 0 unspecified atom stereocenters. The molecule has 0 aromatic carbocycles. The molecule has 1 saturated heterocycles. The van der Waals surface area contributed by atoms with Crippen LogP contribution in [-0.2, 0) is 0 Å². The number of nitro groups is 1. The van der Waals surface area contributed by atoms with Crippen LogP contribution in [0, 0.1) is 23.0 Å². The van der Waals surface area contributed by atoms with Gasteiger partial charge in [0.25, 0.3) is 0 Å². The minimum absolute atomic E-state index is 0.0997. The summed E-state index contributed by atoms with van der Waals surface area (Å²) in [7, 11) is 0. The Morgan fingerprint density at radius 1 is 1.56 bits per heavy atom. The van der Waals surface area contributed by atoms with E-state index in [4.69, 9.17) is 0 Å². The van der Waals surface area contributed by atoms with Crippen molar-refractivity contribution in [2.24, 2.45) is 5.92 Å². The predicted octanol–water partition coefficient (Wildman–Crippen LogP) is 2.85. The molecule has 0 radical (unpaired) electrons. The van der Waals surface area contributed by atoms with Crippen LogP contribution in [0.15, 0.2) is 12.3 Å². The second kappa shape index (κ2) is 6.04. The zero-order valence-corrected chi connectivity index (χ0v) is 11.2. The van der Waals surface area contributed by atoms with Gasteiger partial charge in [-0.3, -0.25) is 10.1 Å². The lowest BCUT2D eigenvalue weighted by Gasteiger charge is -2.21. The van der Waals surface area contributed by atoms with Gasteiger partial charge in [-0.2, -0.15) is 11.8 Å². The van der Waals surface area contributed by atoms with E-state index in [-0.39, 0.29) is 10.6 Å². The van der Waals surface area contributed by atoms with Gasteiger partial charge in [0.15, 0.2) is 0 Å². The maximum absolute atomic E-state index is 11.0. The van der Waals surface area contributed by atoms with Gasteiger partial charge in [0, 0.05) is 18.3 Å². The summed E-state index contributed by atoms with van der Waals surface area (Å²) < 4.78 is 0. The van der Waals surface area contributed by atoms with Crippen LogP contribution < -0.4 is 5.32 Å². The Kier molecular flexibility index (Phi) is 4.41. The smallest absolute Gasteiger partial charge is 0.314 e. The average molecular weight is 267 g/mol. The summed E-state index contributed by atoms with van der Waals surface area (Å²) in [6, 6.07) is 1.67. The Balaban J connectivity index is 2.04. The molecule has 1 aliphatic heterocycles. The van der Waals surface area contributed by atoms with E-state index in [0.29, 0.717) is 17.3 Å². The summed E-state index contributed by atoms with van der Waals surface area (Å²) in [5.74, 6) is 3.39. The van der Waals surface area contributed by atoms with Gasteiger partial charge in [-0.1, -0.05) is 0 Å². The van der Waals surface area contributed by atoms with Crippen molar-refractivity contribution in [3.8, 4) is 0 Å². The zero-order valence-electron chi connectivity index (χ0n) is 10.4. The first-order valence-electron chi connectivity index (χ1n) is 6.10. The number of nitrogens with zero attached hydrogens (tertiary/aromatic N) is 2. The highest BCUT2D eigenvalue weighted by Crippen LogP contribution is 2.27. The maximum Gasteiger partial charge on any atom is 0.314 e. The number of rotatable bonds is 4. The second-order valence-electron chi connectivity index (χ2n) is 4.52. The fourth-order valence-corrected chi connectivity index (χ4v) is 3.31. The van der Waals surface area contributed by atoms with Gasteiger partial charge in [0.05, 0.1) is 4.92 Å². The highest BCUT2D eigenvalue weighted by Gasteiger charge is 2.20. The van der Waals surface area contributed by atoms with Gasteiger partial charge in [-0.05, 0) is 43.3 Å². The van der Waals surface area contributed by atoms with E-state index in [1.165, 1.54) is 24.3 Å². The third-order valence-electron chi connectivity index (χ3n) is 3.21. The summed E-state index contributed by atoms with van der Waals surface area (Å²) in [4.78, 5) is 14.7. The Bertz CT molecular complexity index is 433. The standard InChI is InChI=1S/C12H17N3O2S/c1-9-2-5-13-12(11(9)15(16)17)14-8-10-3-6-18-7-4-10/h2,5,10H,3-4,6-8H2,1H3,(H,13,14). The topological polar surface area (TPSA) is 68.1 Å². The van der Waals surface area contributed by atoms with Gasteiger partial charge in [0.2, 0.25) is 5.82 Å². The first-order valence-corrected chi connectivity index (χ1v) is 7.25. The largest absolute Gasteiger partial charge is 0.364 e. The molecule has 1 N–H and O–H groups in total. The van der Waals surface area contributed by atoms with E-state index in [1.54, 1.807) is 19.2 Å². The molecule has 1 aliphatic rings. The molecule has 1 aromatic rings. The van der Waals surface area contributed by atoms with Gasteiger partial charge in [-0.25, -0.2) is 4.98 Å². The van der Waals surface area contributed by atoms with Gasteiger partial charge < -0.3 is 5.32 Å². The molecule has 5 nitrogen and oxygen atoms in total. The second-order valence-corrected chi connectivity index (χ2v) is 5.74. The number of pyridine rings is 1. The number of anilines is 1. The summed E-state index contributed by atoms with van der Waals surface area (Å²) in [5, 5.41) is 14.2. The van der Waals surface area contributed by atoms with Crippen molar-refractivity contribution in [1.82, 2.24) is 4.98 Å². The highest BCUT2D eigenvalue weighted by molar-refractivity contribution is 7.99. The molecule has 1 aromatic heterocycles. The van der Waals surface area contributed by atoms with E-state index in [2.05, 4.69) is 10.3 Å². The van der Waals surface area contributed by atoms with E-state index in [9.17, 15) is 10.1 Å². The molecule has 0 amide bonds. The summed E-state index contributed by atoms with van der Waals surface area (Å²) >= 11 is 1.98. The van der Waals surface area contributed by atoms with Crippen LogP contribution in [0.5, 0.6) is 0 Å². The predicted molar refractivity (Wildman–Crippen MR) is 74.2 cm³/mol. The minimum Gasteiger partial charge on any atom is -0.364 e. The summed E-state index contributed by atoms with van der Waals surface area (Å²) in [6.07, 6.45) is 3.97. The van der Waals surface area contributed by atoms with Gasteiger partial charge in [0.1, 0.15) is 0 Å². The maximum atomic E-state index is 11.0. The first kappa shape index (κ1) is 13.1. The molecule has 0 atom stereocenters. The first-order chi connectivity index (χ1) is 8.68. The molecule has 1 fully saturated rings. The molecular weight excluding hydrogens is 250 g/mol. The summed E-state index contributed by atoms with van der Waals surface area (Å²) in [5.41, 5.74) is 0.749. The van der Waals surface area contributed by atoms with Crippen LogP contribution >= 0.6 is 11.8 Å². The number of aryl methyl sites for hydroxylation is 1. The summed E-state index contributed by atoms with van der Waals surface area (Å²) in [6.45, 7) is 2.51. The molecule has 6 heteroatoms. The SMILES string of the molecule is Cc1ccnc(NCC2CCSCC2)c1[N+](=O)[O-]. The van der Waals surface area contributed by atoms with Crippen LogP contribution in [0.1, 0.15) is 18.4 Å². The van der Waals surface area contributed by atoms with Crippen molar-refractivity contribution in [1.29, 1.82) is 0 Å². The normalized spacial score (nSPS) is 16.5. The molecule has 2 heterocycles. The number of hydrogen-bond donors (Lipinski definition) is 1. The molecule has 2 rings (SSSR count). The van der Waals surface area contributed by atoms with Crippen molar-refractivity contribution in [3.05, 3.63) is 27.9 Å². The van der Waals surface area contributed by atoms with E-state index in [0.717, 1.165) is 6.54 Å². The van der Waals surface area contributed by atoms with E-state index >= 15 is 0 Å². The van der Waals surface area contributed by atoms with Gasteiger partial charge >= 0.3 is 5.69 Å². The lowest BCUT2D eigenvalue weighted by molar-refractivity contribution is -0.384. The van der Waals surface area contributed by atoms with Crippen molar-refractivity contribution >= 4 is 23.3 Å². The number of thioether (sulfide) groups is 1. The quantitative estimate of drug-likeness (QED) is 0.671. The Labute approximate surface area is 111 Å². The molecule has 18 heavy (non-hydrogen) atoms. The minimum atomic E-state index is -0.360. The lowest BCUT2D eigenvalue weighted by atomic mass is 10.0. The average Bonchev–Trinajstić information content (AvgIpc) is 2.37. The zero-order chi connectivity index (χ0) is 13.0. The third-order valence-corrected chi connectivity index (χ3v) is 4.26. The van der Waals surface area contributed by atoms with Crippen molar-refractivity contribution < 1.29 is 4.92 Å². The van der Waals surface area contributed by atoms with Crippen LogP contribution in [0.3, 0.4) is 0 Å². The molecule has 0 saturated carbocycles. The van der Waals surface area contributed by atoms with Crippen molar-refractivity contribution in [2.45, 2.75) is 19.8 Å². The fraction of sp³-hybridized carbons (Fsp3) is 0.583. The van der Waals surface area contributed by atoms with Crippen LogP contribution in [0.4, 0.5) is 11.5 Å². The molecule has 98 valence electrons. The Morgan fingerprint density at radius 3 is 2.94 bits per heavy atom. The van der Waals surface area contributed by atoms with E-state index < -0.39 is 0 Å². The van der Waals surface area contributed by atoms with Crippen molar-refractivity contribution in [2.75, 3.05) is 23.4 Å². The Morgan fingerprint density at radius 2 is 2.28 bits per heavy atom. The van der Waals surface area contributed by atoms with Gasteiger partial charge in [-0.15, -0.1) is 0 Å². The number of nitrogens with one attached hydrogen (secondary N) is 1. The number of hydrogen-bond acceptors (Lipinski definition) is 5. The van der Waals surface area contributed by atoms with E-state index in [1.807, 2.05) is 11.8 Å². The van der Waals surface area contributed by atoms with Crippen molar-refractivity contribution in [3.63, 3.8) is 0 Å². The van der Waals surface area contributed by atoms with Crippen LogP contribution in [0.2, 0.25) is 0 Å². The molecule has 0 bridgehead atoms. The molecule has 0 spiro atoms.